The first-order valence-corrected chi connectivity index (χ1v) is 10.6. The second kappa shape index (κ2) is 13.5. The van der Waals surface area contributed by atoms with Crippen molar-refractivity contribution in [1.29, 1.82) is 0 Å². The summed E-state index contributed by atoms with van der Waals surface area (Å²) in [7, 11) is 3.97. The van der Waals surface area contributed by atoms with Crippen LogP contribution in [0.5, 0.6) is 11.5 Å². The first-order chi connectivity index (χ1) is 16.7. The van der Waals surface area contributed by atoms with Crippen LogP contribution in [0.4, 0.5) is 10.5 Å². The molecule has 35 heavy (non-hydrogen) atoms. The van der Waals surface area contributed by atoms with Gasteiger partial charge in [0.2, 0.25) is 5.91 Å². The number of imide groups is 1. The minimum Gasteiger partial charge on any atom is -0.486 e. The molecule has 188 valence electrons. The Kier molecular flexibility index (Phi) is 10.5. The molecular weight excluding hydrogens is 460 g/mol. The quantitative estimate of drug-likeness (QED) is 0.357. The van der Waals surface area contributed by atoms with E-state index >= 15 is 0 Å². The van der Waals surface area contributed by atoms with Crippen molar-refractivity contribution in [2.45, 2.75) is 6.04 Å². The number of rotatable bonds is 7. The molecule has 1 aliphatic rings. The van der Waals surface area contributed by atoms with E-state index in [1.807, 2.05) is 44.4 Å². The van der Waals surface area contributed by atoms with Gasteiger partial charge in [0.15, 0.2) is 11.5 Å². The average Bonchev–Trinajstić information content (AvgIpc) is 2.82. The smallest absolute Gasteiger partial charge is 0.414 e. The van der Waals surface area contributed by atoms with Crippen LogP contribution in [-0.4, -0.2) is 79.4 Å². The Hall–Kier alpha value is -4.16. The van der Waals surface area contributed by atoms with Gasteiger partial charge in [0.05, 0.1) is 6.54 Å². The van der Waals surface area contributed by atoms with Crippen LogP contribution in [-0.2, 0) is 14.4 Å². The number of hydrogen-bond donors (Lipinski definition) is 5. The van der Waals surface area contributed by atoms with Crippen molar-refractivity contribution in [2.75, 3.05) is 45.7 Å². The summed E-state index contributed by atoms with van der Waals surface area (Å²) in [5, 5.41) is 22.8. The molecule has 12 heteroatoms. The molecule has 1 unspecified atom stereocenters. The first kappa shape index (κ1) is 27.1. The second-order valence-electron chi connectivity index (χ2n) is 7.49. The summed E-state index contributed by atoms with van der Waals surface area (Å²) >= 11 is 0. The summed E-state index contributed by atoms with van der Waals surface area (Å²) < 4.78 is 10.9. The van der Waals surface area contributed by atoms with E-state index in [1.165, 1.54) is 0 Å². The molecule has 0 radical (unpaired) electrons. The van der Waals surface area contributed by atoms with Crippen molar-refractivity contribution in [1.82, 2.24) is 15.5 Å². The SMILES string of the molecule is CN(C)C(CNCC(=O)NC(=O)Nc1ccc2c(c1)OCCO2)c1ccccc1.O=C(O)C(=O)O. The summed E-state index contributed by atoms with van der Waals surface area (Å²) in [5.74, 6) is -2.86. The van der Waals surface area contributed by atoms with E-state index in [4.69, 9.17) is 29.3 Å². The van der Waals surface area contributed by atoms with E-state index < -0.39 is 23.9 Å². The maximum absolute atomic E-state index is 12.1. The number of nitrogens with one attached hydrogen (secondary N) is 3. The lowest BCUT2D eigenvalue weighted by molar-refractivity contribution is -0.159. The number of carbonyl (C=O) groups excluding carboxylic acids is 2. The molecular formula is C23H28N4O8. The summed E-state index contributed by atoms with van der Waals surface area (Å²) in [6, 6.07) is 14.6. The van der Waals surface area contributed by atoms with Gasteiger partial charge in [-0.15, -0.1) is 0 Å². The van der Waals surface area contributed by atoms with Crippen LogP contribution in [0, 0.1) is 0 Å². The molecule has 0 fully saturated rings. The van der Waals surface area contributed by atoms with Crippen LogP contribution < -0.4 is 25.4 Å². The molecule has 1 heterocycles. The highest BCUT2D eigenvalue weighted by molar-refractivity contribution is 6.27. The van der Waals surface area contributed by atoms with Crippen molar-refractivity contribution in [3.05, 3.63) is 54.1 Å². The summed E-state index contributed by atoms with van der Waals surface area (Å²) in [6.07, 6.45) is 0. The average molecular weight is 488 g/mol. The third kappa shape index (κ3) is 9.31. The maximum Gasteiger partial charge on any atom is 0.414 e. The molecule has 1 aliphatic heterocycles. The molecule has 1 atom stereocenters. The molecule has 12 nitrogen and oxygen atoms in total. The number of benzene rings is 2. The van der Waals surface area contributed by atoms with Crippen molar-refractivity contribution < 1.29 is 38.9 Å². The fraction of sp³-hybridized carbons (Fsp3) is 0.304. The van der Waals surface area contributed by atoms with Gasteiger partial charge in [-0.3, -0.25) is 10.1 Å². The molecule has 3 rings (SSSR count). The molecule has 2 aromatic carbocycles. The maximum atomic E-state index is 12.1. The van der Waals surface area contributed by atoms with Gasteiger partial charge in [0, 0.05) is 24.3 Å². The number of amides is 3. The summed E-state index contributed by atoms with van der Waals surface area (Å²) in [6.45, 7) is 1.57. The molecule has 2 aromatic rings. The lowest BCUT2D eigenvalue weighted by Crippen LogP contribution is -2.42. The fourth-order valence-corrected chi connectivity index (χ4v) is 3.05. The van der Waals surface area contributed by atoms with E-state index in [0.717, 1.165) is 5.56 Å². The largest absolute Gasteiger partial charge is 0.486 e. The monoisotopic (exact) mass is 488 g/mol. The number of aliphatic carboxylic acids is 2. The number of carbonyl (C=O) groups is 4. The van der Waals surface area contributed by atoms with Gasteiger partial charge in [-0.25, -0.2) is 14.4 Å². The number of likely N-dealkylation sites (N-methyl/N-ethyl adjacent to an activating group) is 1. The van der Waals surface area contributed by atoms with Crippen LogP contribution in [0.25, 0.3) is 0 Å². The van der Waals surface area contributed by atoms with Crippen LogP contribution >= 0.6 is 0 Å². The molecule has 3 amide bonds. The Morgan fingerprint density at radius 1 is 0.943 bits per heavy atom. The number of urea groups is 1. The topological polar surface area (TPSA) is 167 Å². The third-order valence-electron chi connectivity index (χ3n) is 4.67. The fourth-order valence-electron chi connectivity index (χ4n) is 3.05. The number of carboxylic acid groups (broad SMARTS) is 2. The minimum absolute atomic E-state index is 0.0335. The van der Waals surface area contributed by atoms with E-state index in [0.29, 0.717) is 36.9 Å². The number of carboxylic acids is 2. The zero-order valence-electron chi connectivity index (χ0n) is 19.3. The van der Waals surface area contributed by atoms with Gasteiger partial charge in [0.1, 0.15) is 13.2 Å². The van der Waals surface area contributed by atoms with Gasteiger partial charge < -0.3 is 35.2 Å². The van der Waals surface area contributed by atoms with Crippen molar-refractivity contribution in [3.8, 4) is 11.5 Å². The van der Waals surface area contributed by atoms with Crippen LogP contribution in [0.1, 0.15) is 11.6 Å². The van der Waals surface area contributed by atoms with E-state index in [-0.39, 0.29) is 12.6 Å². The Labute approximate surface area is 201 Å². The van der Waals surface area contributed by atoms with Gasteiger partial charge in [-0.2, -0.15) is 0 Å². The Balaban J connectivity index is 0.000000641. The molecule has 5 N–H and O–H groups in total. The molecule has 0 aromatic heterocycles. The van der Waals surface area contributed by atoms with Gasteiger partial charge >= 0.3 is 18.0 Å². The highest BCUT2D eigenvalue weighted by Gasteiger charge is 2.16. The van der Waals surface area contributed by atoms with Crippen molar-refractivity contribution in [2.24, 2.45) is 0 Å². The Bertz CT molecular complexity index is 1020. The van der Waals surface area contributed by atoms with Crippen LogP contribution in [0.3, 0.4) is 0 Å². The van der Waals surface area contributed by atoms with Crippen LogP contribution in [0.2, 0.25) is 0 Å². The Morgan fingerprint density at radius 3 is 2.17 bits per heavy atom. The number of nitrogens with zero attached hydrogens (tertiary/aromatic N) is 1. The minimum atomic E-state index is -1.82. The predicted octanol–water partition coefficient (Wildman–Crippen LogP) is 1.15. The van der Waals surface area contributed by atoms with Gasteiger partial charge in [0.25, 0.3) is 0 Å². The number of anilines is 1. The number of fused-ring (bicyclic) bond motifs is 1. The summed E-state index contributed by atoms with van der Waals surface area (Å²) in [5.41, 5.74) is 1.67. The lowest BCUT2D eigenvalue weighted by atomic mass is 10.1. The molecule has 0 bridgehead atoms. The van der Waals surface area contributed by atoms with Crippen molar-refractivity contribution in [3.63, 3.8) is 0 Å². The van der Waals surface area contributed by atoms with E-state index in [1.54, 1.807) is 18.2 Å². The normalized spacial score (nSPS) is 12.5. The highest BCUT2D eigenvalue weighted by Crippen LogP contribution is 2.32. The van der Waals surface area contributed by atoms with Crippen molar-refractivity contribution >= 4 is 29.6 Å². The number of hydrogen-bond acceptors (Lipinski definition) is 8. The summed E-state index contributed by atoms with van der Waals surface area (Å²) in [4.78, 5) is 44.4. The Morgan fingerprint density at radius 2 is 1.57 bits per heavy atom. The molecule has 0 saturated carbocycles. The standard InChI is InChI=1S/C21H26N4O4.C2H2O4/c1-25(2)17(15-6-4-3-5-7-15)13-22-14-20(26)24-21(27)23-16-8-9-18-19(12-16)29-11-10-28-18;3-1(4)2(5)6/h3-9,12,17,22H,10-11,13-14H2,1-2H3,(H2,23,24,26,27);(H,3,4)(H,5,6). The zero-order chi connectivity index (χ0) is 25.8. The predicted molar refractivity (Wildman–Crippen MR) is 126 cm³/mol. The third-order valence-corrected chi connectivity index (χ3v) is 4.67. The molecule has 0 spiro atoms. The van der Waals surface area contributed by atoms with E-state index in [9.17, 15) is 9.59 Å². The zero-order valence-corrected chi connectivity index (χ0v) is 19.3. The van der Waals surface area contributed by atoms with Crippen LogP contribution in [0.15, 0.2) is 48.5 Å². The molecule has 0 aliphatic carbocycles. The van der Waals surface area contributed by atoms with Gasteiger partial charge in [-0.1, -0.05) is 30.3 Å². The highest BCUT2D eigenvalue weighted by atomic mass is 16.6. The number of ether oxygens (including phenoxy) is 2. The second-order valence-corrected chi connectivity index (χ2v) is 7.49. The first-order valence-electron chi connectivity index (χ1n) is 10.6. The van der Waals surface area contributed by atoms with Gasteiger partial charge in [-0.05, 0) is 31.8 Å². The lowest BCUT2D eigenvalue weighted by Gasteiger charge is -2.25. The van der Waals surface area contributed by atoms with E-state index in [2.05, 4.69) is 20.9 Å². The molecule has 0 saturated heterocycles.